The number of tetrazole rings is 1. The Hall–Kier alpha value is -1.99. The monoisotopic (exact) mass is 350 g/mol. The van der Waals surface area contributed by atoms with Gasteiger partial charge in [-0.1, -0.05) is 12.1 Å². The van der Waals surface area contributed by atoms with E-state index in [-0.39, 0.29) is 18.3 Å². The minimum absolute atomic E-state index is 0. The zero-order valence-electron chi connectivity index (χ0n) is 13.8. The molecule has 0 aliphatic carbocycles. The summed E-state index contributed by atoms with van der Waals surface area (Å²) in [4.78, 5) is 14.5. The number of carbonyl (C=O) groups excluding carboxylic acids is 1. The summed E-state index contributed by atoms with van der Waals surface area (Å²) in [7, 11) is 1.97. The molecule has 1 aromatic heterocycles. The first-order valence-electron chi connectivity index (χ1n) is 8.01. The summed E-state index contributed by atoms with van der Waals surface area (Å²) in [5.41, 5.74) is 1.90. The SMILES string of the molecule is CNCC1CCCN(C(=O)Cc2ccc(-n3cnnn3)cc2)C1.Cl. The summed E-state index contributed by atoms with van der Waals surface area (Å²) in [5.74, 6) is 0.779. The third kappa shape index (κ3) is 4.52. The molecule has 1 atom stereocenters. The molecule has 0 spiro atoms. The second-order valence-corrected chi connectivity index (χ2v) is 6.00. The Morgan fingerprint density at radius 1 is 1.33 bits per heavy atom. The summed E-state index contributed by atoms with van der Waals surface area (Å²) in [6.45, 7) is 2.72. The van der Waals surface area contributed by atoms with E-state index in [4.69, 9.17) is 0 Å². The number of amides is 1. The molecule has 2 aromatic rings. The molecule has 1 fully saturated rings. The van der Waals surface area contributed by atoms with Gasteiger partial charge in [-0.05, 0) is 60.5 Å². The van der Waals surface area contributed by atoms with Gasteiger partial charge in [-0.2, -0.15) is 0 Å². The van der Waals surface area contributed by atoms with Crippen molar-refractivity contribution in [3.8, 4) is 5.69 Å². The first kappa shape index (κ1) is 18.4. The molecule has 0 radical (unpaired) electrons. The molecule has 0 saturated carbocycles. The predicted octanol–water partition coefficient (Wildman–Crippen LogP) is 1.08. The molecule has 0 bridgehead atoms. The van der Waals surface area contributed by atoms with Gasteiger partial charge in [0, 0.05) is 13.1 Å². The van der Waals surface area contributed by atoms with Crippen molar-refractivity contribution in [3.05, 3.63) is 36.2 Å². The first-order valence-corrected chi connectivity index (χ1v) is 8.01. The van der Waals surface area contributed by atoms with Crippen LogP contribution in [0.3, 0.4) is 0 Å². The fourth-order valence-electron chi connectivity index (χ4n) is 3.08. The maximum Gasteiger partial charge on any atom is 0.226 e. The molecule has 1 amide bonds. The molecular weight excluding hydrogens is 328 g/mol. The van der Waals surface area contributed by atoms with Crippen LogP contribution >= 0.6 is 12.4 Å². The summed E-state index contributed by atoms with van der Waals surface area (Å²) in [6.07, 6.45) is 4.29. The van der Waals surface area contributed by atoms with Crippen molar-refractivity contribution < 1.29 is 4.79 Å². The van der Waals surface area contributed by atoms with Gasteiger partial charge in [-0.25, -0.2) is 4.68 Å². The minimum atomic E-state index is 0. The van der Waals surface area contributed by atoms with Gasteiger partial charge < -0.3 is 10.2 Å². The largest absolute Gasteiger partial charge is 0.342 e. The number of benzene rings is 1. The van der Waals surface area contributed by atoms with E-state index in [0.717, 1.165) is 37.3 Å². The molecular formula is C16H23ClN6O. The Kier molecular flexibility index (Phi) is 6.69. The van der Waals surface area contributed by atoms with Crippen LogP contribution in [0.2, 0.25) is 0 Å². The number of rotatable bonds is 5. The van der Waals surface area contributed by atoms with Gasteiger partial charge in [-0.3, -0.25) is 4.79 Å². The first-order chi connectivity index (χ1) is 11.3. The van der Waals surface area contributed by atoms with Crippen molar-refractivity contribution in [1.29, 1.82) is 0 Å². The van der Waals surface area contributed by atoms with Gasteiger partial charge in [0.1, 0.15) is 6.33 Å². The number of piperidine rings is 1. The second-order valence-electron chi connectivity index (χ2n) is 6.00. The average molecular weight is 351 g/mol. The Balaban J connectivity index is 0.00000208. The molecule has 1 unspecified atom stereocenters. The minimum Gasteiger partial charge on any atom is -0.342 e. The van der Waals surface area contributed by atoms with Crippen molar-refractivity contribution >= 4 is 18.3 Å². The van der Waals surface area contributed by atoms with E-state index in [0.29, 0.717) is 12.3 Å². The molecule has 24 heavy (non-hydrogen) atoms. The van der Waals surface area contributed by atoms with Crippen LogP contribution in [0, 0.1) is 5.92 Å². The van der Waals surface area contributed by atoms with Crippen molar-refractivity contribution in [2.75, 3.05) is 26.7 Å². The zero-order valence-corrected chi connectivity index (χ0v) is 14.6. The molecule has 1 aromatic carbocycles. The van der Waals surface area contributed by atoms with Crippen LogP contribution in [-0.2, 0) is 11.2 Å². The van der Waals surface area contributed by atoms with Gasteiger partial charge >= 0.3 is 0 Å². The second kappa shape index (κ2) is 8.75. The lowest BCUT2D eigenvalue weighted by molar-refractivity contribution is -0.132. The van der Waals surface area contributed by atoms with Crippen LogP contribution in [-0.4, -0.2) is 57.7 Å². The van der Waals surface area contributed by atoms with Crippen molar-refractivity contribution in [2.45, 2.75) is 19.3 Å². The molecule has 3 rings (SSSR count). The van der Waals surface area contributed by atoms with Crippen LogP contribution in [0.4, 0.5) is 0 Å². The van der Waals surface area contributed by atoms with E-state index in [2.05, 4.69) is 20.8 Å². The Morgan fingerprint density at radius 3 is 2.79 bits per heavy atom. The van der Waals surface area contributed by atoms with Crippen LogP contribution in [0.25, 0.3) is 5.69 Å². The normalized spacial score (nSPS) is 17.4. The number of aromatic nitrogens is 4. The highest BCUT2D eigenvalue weighted by Crippen LogP contribution is 2.17. The van der Waals surface area contributed by atoms with Crippen LogP contribution in [0.1, 0.15) is 18.4 Å². The van der Waals surface area contributed by atoms with E-state index < -0.39 is 0 Å². The summed E-state index contributed by atoms with van der Waals surface area (Å²) in [6, 6.07) is 7.78. The number of hydrogen-bond donors (Lipinski definition) is 1. The lowest BCUT2D eigenvalue weighted by Crippen LogP contribution is -2.43. The molecule has 8 heteroatoms. The lowest BCUT2D eigenvalue weighted by Gasteiger charge is -2.32. The number of halogens is 1. The number of carbonyl (C=O) groups is 1. The zero-order chi connectivity index (χ0) is 16.1. The quantitative estimate of drug-likeness (QED) is 0.873. The fourth-order valence-corrected chi connectivity index (χ4v) is 3.08. The Morgan fingerprint density at radius 2 is 2.12 bits per heavy atom. The standard InChI is InChI=1S/C16H22N6O.ClH/c1-17-10-14-3-2-8-21(11-14)16(23)9-13-4-6-15(7-5-13)22-12-18-19-20-22;/h4-7,12,14,17H,2-3,8-11H2,1H3;1H. The number of nitrogens with one attached hydrogen (secondary N) is 1. The number of nitrogens with zero attached hydrogens (tertiary/aromatic N) is 5. The van der Waals surface area contributed by atoms with E-state index in [1.807, 2.05) is 36.2 Å². The molecule has 1 saturated heterocycles. The maximum atomic E-state index is 12.5. The molecule has 2 heterocycles. The Bertz CT molecular complexity index is 629. The predicted molar refractivity (Wildman–Crippen MR) is 93.3 cm³/mol. The van der Waals surface area contributed by atoms with Crippen LogP contribution in [0.5, 0.6) is 0 Å². The molecule has 1 aliphatic rings. The van der Waals surface area contributed by atoms with Gasteiger partial charge in [0.15, 0.2) is 0 Å². The van der Waals surface area contributed by atoms with E-state index in [9.17, 15) is 4.79 Å². The van der Waals surface area contributed by atoms with Gasteiger partial charge in [-0.15, -0.1) is 17.5 Å². The molecule has 1 N–H and O–H groups in total. The van der Waals surface area contributed by atoms with Crippen molar-refractivity contribution in [1.82, 2.24) is 30.4 Å². The topological polar surface area (TPSA) is 75.9 Å². The van der Waals surface area contributed by atoms with Gasteiger partial charge in [0.05, 0.1) is 12.1 Å². The molecule has 130 valence electrons. The van der Waals surface area contributed by atoms with Gasteiger partial charge in [0.25, 0.3) is 0 Å². The summed E-state index contributed by atoms with van der Waals surface area (Å²) in [5, 5.41) is 14.3. The van der Waals surface area contributed by atoms with E-state index in [1.165, 1.54) is 6.42 Å². The third-order valence-corrected chi connectivity index (χ3v) is 4.27. The maximum absolute atomic E-state index is 12.5. The van der Waals surface area contributed by atoms with E-state index >= 15 is 0 Å². The van der Waals surface area contributed by atoms with Crippen LogP contribution < -0.4 is 5.32 Å². The smallest absolute Gasteiger partial charge is 0.226 e. The lowest BCUT2D eigenvalue weighted by atomic mass is 9.97. The Labute approximate surface area is 147 Å². The highest BCUT2D eigenvalue weighted by atomic mass is 35.5. The average Bonchev–Trinajstić information content (AvgIpc) is 3.11. The molecule has 7 nitrogen and oxygen atoms in total. The molecule has 1 aliphatic heterocycles. The summed E-state index contributed by atoms with van der Waals surface area (Å²) < 4.78 is 1.60. The van der Waals surface area contributed by atoms with Crippen molar-refractivity contribution in [3.63, 3.8) is 0 Å². The number of likely N-dealkylation sites (tertiary alicyclic amines) is 1. The third-order valence-electron chi connectivity index (χ3n) is 4.27. The summed E-state index contributed by atoms with van der Waals surface area (Å²) >= 11 is 0. The van der Waals surface area contributed by atoms with E-state index in [1.54, 1.807) is 11.0 Å². The van der Waals surface area contributed by atoms with Gasteiger partial charge in [0.2, 0.25) is 5.91 Å². The number of hydrogen-bond acceptors (Lipinski definition) is 5. The fraction of sp³-hybridized carbons (Fsp3) is 0.500. The van der Waals surface area contributed by atoms with Crippen molar-refractivity contribution in [2.24, 2.45) is 5.92 Å². The highest BCUT2D eigenvalue weighted by molar-refractivity contribution is 5.85. The highest BCUT2D eigenvalue weighted by Gasteiger charge is 2.23. The van der Waals surface area contributed by atoms with Crippen LogP contribution in [0.15, 0.2) is 30.6 Å².